The number of amides is 5. The fourth-order valence-corrected chi connectivity index (χ4v) is 5.37. The van der Waals surface area contributed by atoms with Gasteiger partial charge in [-0.05, 0) is 85.3 Å². The zero-order chi connectivity index (χ0) is 31.3. The van der Waals surface area contributed by atoms with Crippen LogP contribution >= 0.6 is 11.8 Å². The van der Waals surface area contributed by atoms with Crippen molar-refractivity contribution in [2.75, 3.05) is 21.3 Å². The summed E-state index contributed by atoms with van der Waals surface area (Å²) >= 11 is 1.23. The Morgan fingerprint density at radius 3 is 2.14 bits per heavy atom. The van der Waals surface area contributed by atoms with E-state index in [1.807, 2.05) is 45.9 Å². The molecule has 0 saturated carbocycles. The molecule has 3 aromatic rings. The Morgan fingerprint density at radius 1 is 0.953 bits per heavy atom. The summed E-state index contributed by atoms with van der Waals surface area (Å²) in [6, 6.07) is 15.6. The lowest BCUT2D eigenvalue weighted by Gasteiger charge is -2.22. The molecule has 1 fully saturated rings. The predicted molar refractivity (Wildman–Crippen MR) is 165 cm³/mol. The molecule has 226 valence electrons. The molecule has 1 atom stereocenters. The van der Waals surface area contributed by atoms with Crippen LogP contribution in [0.2, 0.25) is 0 Å². The van der Waals surface area contributed by atoms with Crippen LogP contribution in [0.15, 0.2) is 71.7 Å². The molecule has 0 radical (unpaired) electrons. The molecule has 12 heteroatoms. The molecule has 43 heavy (non-hydrogen) atoms. The van der Waals surface area contributed by atoms with E-state index in [2.05, 4.69) is 20.9 Å². The second-order valence-corrected chi connectivity index (χ2v) is 11.5. The highest BCUT2D eigenvalue weighted by Crippen LogP contribution is 2.34. The average Bonchev–Trinajstić information content (AvgIpc) is 3.28. The molecule has 1 aliphatic heterocycles. The molecular weight excluding hydrogens is 579 g/mol. The summed E-state index contributed by atoms with van der Waals surface area (Å²) in [5, 5.41) is 8.31. The third-order valence-electron chi connectivity index (χ3n) is 6.61. The molecule has 0 spiro atoms. The molecule has 3 aromatic carbocycles. The number of alkyl halides is 3. The molecule has 8 nitrogen and oxygen atoms in total. The van der Waals surface area contributed by atoms with E-state index in [0.717, 1.165) is 34.5 Å². The Morgan fingerprint density at radius 2 is 1.56 bits per heavy atom. The molecule has 0 aliphatic carbocycles. The number of benzene rings is 3. The maximum Gasteiger partial charge on any atom is 0.416 e. The fourth-order valence-electron chi connectivity index (χ4n) is 4.51. The number of rotatable bonds is 7. The molecule has 0 bridgehead atoms. The Bertz CT molecular complexity index is 1520. The van der Waals surface area contributed by atoms with Crippen molar-refractivity contribution >= 4 is 52.0 Å². The number of nitrogens with one attached hydrogen (secondary N) is 3. The van der Waals surface area contributed by atoms with Gasteiger partial charge in [-0.15, -0.1) is 0 Å². The van der Waals surface area contributed by atoms with Crippen molar-refractivity contribution in [3.05, 3.63) is 89.0 Å². The zero-order valence-electron chi connectivity index (χ0n) is 24.1. The number of urea groups is 2. The Labute approximate surface area is 252 Å². The highest BCUT2D eigenvalue weighted by atomic mass is 32.2. The number of hydrogen-bond acceptors (Lipinski definition) is 4. The molecule has 1 heterocycles. The van der Waals surface area contributed by atoms with Crippen LogP contribution in [0.5, 0.6) is 0 Å². The number of carbonyl (C=O) groups is 3. The van der Waals surface area contributed by atoms with Crippen LogP contribution in [0.25, 0.3) is 0 Å². The lowest BCUT2D eigenvalue weighted by atomic mass is 9.99. The number of amidine groups is 1. The first-order valence-corrected chi connectivity index (χ1v) is 14.6. The van der Waals surface area contributed by atoms with Gasteiger partial charge >= 0.3 is 18.2 Å². The van der Waals surface area contributed by atoms with Crippen molar-refractivity contribution in [2.45, 2.75) is 52.3 Å². The maximum absolute atomic E-state index is 12.8. The highest BCUT2D eigenvalue weighted by Gasteiger charge is 2.33. The lowest BCUT2D eigenvalue weighted by molar-refractivity contribution is -0.137. The van der Waals surface area contributed by atoms with Gasteiger partial charge in [0.1, 0.15) is 0 Å². The summed E-state index contributed by atoms with van der Waals surface area (Å²) in [5.41, 5.74) is 3.53. The minimum absolute atomic E-state index is 0.126. The molecular formula is C31H32F3N5O3S. The Hall–Kier alpha value is -4.32. The molecule has 1 saturated heterocycles. The topological polar surface area (TPSA) is 103 Å². The van der Waals surface area contributed by atoms with Crippen molar-refractivity contribution in [2.24, 2.45) is 4.99 Å². The van der Waals surface area contributed by atoms with E-state index in [1.54, 1.807) is 24.3 Å². The molecule has 0 aromatic heterocycles. The lowest BCUT2D eigenvalue weighted by Crippen LogP contribution is -2.35. The van der Waals surface area contributed by atoms with Gasteiger partial charge in [-0.25, -0.2) is 9.59 Å². The van der Waals surface area contributed by atoms with E-state index < -0.39 is 23.8 Å². The van der Waals surface area contributed by atoms with Gasteiger partial charge in [0.05, 0.1) is 17.0 Å². The number of halogens is 3. The third-order valence-corrected chi connectivity index (χ3v) is 7.53. The van der Waals surface area contributed by atoms with Gasteiger partial charge in [0, 0.05) is 17.4 Å². The van der Waals surface area contributed by atoms with E-state index in [0.29, 0.717) is 17.3 Å². The molecule has 1 unspecified atom stereocenters. The number of aryl methyl sites for hydroxylation is 1. The average molecular weight is 612 g/mol. The SMILES string of the molecule is Cc1ccc(C(C)C)c(N2C(=O)CSC2=NC(=O)NC(C)Cc2ccc(NC(=O)Nc3ccc(C(F)(F)F)cc3)cc2)c1. The van der Waals surface area contributed by atoms with Gasteiger partial charge in [0.15, 0.2) is 5.17 Å². The van der Waals surface area contributed by atoms with Crippen molar-refractivity contribution in [1.29, 1.82) is 0 Å². The van der Waals surface area contributed by atoms with E-state index in [-0.39, 0.29) is 29.3 Å². The predicted octanol–water partition coefficient (Wildman–Crippen LogP) is 7.56. The Balaban J connectivity index is 1.32. The van der Waals surface area contributed by atoms with E-state index in [1.165, 1.54) is 28.8 Å². The largest absolute Gasteiger partial charge is 0.416 e. The molecule has 1 aliphatic rings. The van der Waals surface area contributed by atoms with Crippen LogP contribution in [0.4, 0.5) is 39.8 Å². The number of hydrogen-bond donors (Lipinski definition) is 3. The maximum atomic E-state index is 12.8. The number of aliphatic imine (C=N–C) groups is 1. The van der Waals surface area contributed by atoms with Gasteiger partial charge in [-0.2, -0.15) is 18.2 Å². The summed E-state index contributed by atoms with van der Waals surface area (Å²) in [6.07, 6.45) is -3.97. The van der Waals surface area contributed by atoms with Crippen LogP contribution in [-0.4, -0.2) is 34.9 Å². The van der Waals surface area contributed by atoms with Gasteiger partial charge < -0.3 is 16.0 Å². The minimum atomic E-state index is -4.45. The standard InChI is InChI=1S/C31H32F3N5O3S/c1-18(2)25-14-5-19(3)15-26(25)39-27(40)17-43-30(39)38-28(41)35-20(4)16-21-6-10-23(11-7-21)36-29(42)37-24-12-8-22(9-13-24)31(32,33)34/h5-15,18,20H,16-17H2,1-4H3,(H,35,41)(H2,36,37,42). The van der Waals surface area contributed by atoms with E-state index >= 15 is 0 Å². The van der Waals surface area contributed by atoms with Crippen LogP contribution in [-0.2, 0) is 17.4 Å². The summed E-state index contributed by atoms with van der Waals surface area (Å²) in [5.74, 6) is 0.258. The van der Waals surface area contributed by atoms with Crippen LogP contribution in [0.1, 0.15) is 48.9 Å². The molecule has 4 rings (SSSR count). The summed E-state index contributed by atoms with van der Waals surface area (Å²) in [7, 11) is 0. The minimum Gasteiger partial charge on any atom is -0.333 e. The fraction of sp³-hybridized carbons (Fsp3) is 0.290. The van der Waals surface area contributed by atoms with E-state index in [9.17, 15) is 27.6 Å². The van der Waals surface area contributed by atoms with Crippen molar-refractivity contribution in [3.63, 3.8) is 0 Å². The molecule has 3 N–H and O–H groups in total. The second-order valence-electron chi connectivity index (χ2n) is 10.5. The molecule has 5 amide bonds. The highest BCUT2D eigenvalue weighted by molar-refractivity contribution is 8.15. The van der Waals surface area contributed by atoms with Gasteiger partial charge in [-0.3, -0.25) is 9.69 Å². The van der Waals surface area contributed by atoms with Crippen molar-refractivity contribution < 1.29 is 27.6 Å². The van der Waals surface area contributed by atoms with Crippen LogP contribution in [0, 0.1) is 6.92 Å². The normalized spacial score (nSPS) is 15.1. The third kappa shape index (κ3) is 8.38. The summed E-state index contributed by atoms with van der Waals surface area (Å²) in [4.78, 5) is 43.6. The second kappa shape index (κ2) is 13.3. The van der Waals surface area contributed by atoms with Gasteiger partial charge in [0.25, 0.3) is 0 Å². The quantitative estimate of drug-likeness (QED) is 0.257. The van der Waals surface area contributed by atoms with E-state index in [4.69, 9.17) is 0 Å². The zero-order valence-corrected chi connectivity index (χ0v) is 24.9. The first-order chi connectivity index (χ1) is 20.3. The number of anilines is 3. The Kier molecular flexibility index (Phi) is 9.80. The summed E-state index contributed by atoms with van der Waals surface area (Å²) < 4.78 is 38.1. The first kappa shape index (κ1) is 31.6. The number of nitrogens with zero attached hydrogens (tertiary/aromatic N) is 2. The smallest absolute Gasteiger partial charge is 0.333 e. The first-order valence-electron chi connectivity index (χ1n) is 13.6. The van der Waals surface area contributed by atoms with Crippen LogP contribution in [0.3, 0.4) is 0 Å². The van der Waals surface area contributed by atoms with Crippen molar-refractivity contribution in [1.82, 2.24) is 5.32 Å². The van der Waals surface area contributed by atoms with Crippen LogP contribution < -0.4 is 20.9 Å². The van der Waals surface area contributed by atoms with Crippen molar-refractivity contribution in [3.8, 4) is 0 Å². The monoisotopic (exact) mass is 611 g/mol. The van der Waals surface area contributed by atoms with Gasteiger partial charge in [-0.1, -0.05) is 49.9 Å². The number of thioether (sulfide) groups is 1. The van der Waals surface area contributed by atoms with Gasteiger partial charge in [0.2, 0.25) is 5.91 Å². The number of carbonyl (C=O) groups excluding carboxylic acids is 3. The summed E-state index contributed by atoms with van der Waals surface area (Å²) in [6.45, 7) is 7.89.